The maximum atomic E-state index is 10.8. The zero-order valence-electron chi connectivity index (χ0n) is 7.13. The van der Waals surface area contributed by atoms with Crippen LogP contribution < -0.4 is 5.32 Å². The minimum Gasteiger partial charge on any atom is -0.462 e. The third-order valence-corrected chi connectivity index (χ3v) is 1.05. The molecule has 0 aliphatic heterocycles. The zero-order chi connectivity index (χ0) is 9.23. The fourth-order valence-electron chi connectivity index (χ4n) is 0.527. The van der Waals surface area contributed by atoms with E-state index >= 15 is 0 Å². The summed E-state index contributed by atoms with van der Waals surface area (Å²) in [6, 6.07) is 0. The first-order valence-electron chi connectivity index (χ1n) is 3.60. The smallest absolute Gasteiger partial charge is 0.320 e. The minimum atomic E-state index is -0.317. The minimum absolute atomic E-state index is 0.147. The number of ether oxygens (including phenoxy) is 2. The monoisotopic (exact) mass is 171 g/mol. The molecule has 0 unspecified atom stereocenters. The third kappa shape index (κ3) is 7.06. The van der Waals surface area contributed by atoms with Gasteiger partial charge in [0.1, 0.15) is 6.61 Å². The molecule has 0 rings (SSSR count). The Morgan fingerprint density at radius 1 is 1.58 bits per heavy atom. The summed E-state index contributed by atoms with van der Waals surface area (Å²) in [5, 5.41) is 2.71. The summed E-state index contributed by atoms with van der Waals surface area (Å²) in [6.45, 7) is 1.22. The molecule has 0 atom stereocenters. The molecule has 0 aromatic heterocycles. The van der Waals surface area contributed by atoms with Crippen LogP contribution in [-0.2, 0) is 14.3 Å². The molecule has 4 heteroatoms. The van der Waals surface area contributed by atoms with Crippen molar-refractivity contribution in [2.45, 2.75) is 0 Å². The van der Waals surface area contributed by atoms with Crippen LogP contribution in [0.2, 0.25) is 0 Å². The quantitative estimate of drug-likeness (QED) is 0.329. The largest absolute Gasteiger partial charge is 0.462 e. The fourth-order valence-corrected chi connectivity index (χ4v) is 0.527. The summed E-state index contributed by atoms with van der Waals surface area (Å²) in [5.74, 6) is 2.03. The van der Waals surface area contributed by atoms with Gasteiger partial charge in [0.2, 0.25) is 0 Å². The molecular formula is C8H13NO3. The normalized spacial score (nSPS) is 9.00. The summed E-state index contributed by atoms with van der Waals surface area (Å²) >= 11 is 0. The van der Waals surface area contributed by atoms with Crippen LogP contribution in [0, 0.1) is 12.3 Å². The second-order valence-corrected chi connectivity index (χ2v) is 2.02. The van der Waals surface area contributed by atoms with Crippen LogP contribution in [0.25, 0.3) is 0 Å². The van der Waals surface area contributed by atoms with Gasteiger partial charge in [0, 0.05) is 7.11 Å². The van der Waals surface area contributed by atoms with E-state index in [1.54, 1.807) is 7.11 Å². The number of hydrogen-bond donors (Lipinski definition) is 1. The molecule has 0 aromatic carbocycles. The van der Waals surface area contributed by atoms with Gasteiger partial charge < -0.3 is 9.47 Å². The second-order valence-electron chi connectivity index (χ2n) is 2.02. The van der Waals surface area contributed by atoms with Crippen molar-refractivity contribution in [1.29, 1.82) is 0 Å². The van der Waals surface area contributed by atoms with Gasteiger partial charge in [-0.2, -0.15) is 0 Å². The number of carbonyl (C=O) groups excluding carboxylic acids is 1. The van der Waals surface area contributed by atoms with Crippen molar-refractivity contribution in [2.75, 3.05) is 33.4 Å². The Morgan fingerprint density at radius 2 is 2.33 bits per heavy atom. The number of carbonyl (C=O) groups is 1. The molecule has 0 heterocycles. The van der Waals surface area contributed by atoms with Gasteiger partial charge in [0.15, 0.2) is 0 Å². The van der Waals surface area contributed by atoms with Gasteiger partial charge in [0.05, 0.1) is 19.7 Å². The van der Waals surface area contributed by atoms with Gasteiger partial charge >= 0.3 is 5.97 Å². The molecule has 0 aliphatic rings. The van der Waals surface area contributed by atoms with Crippen molar-refractivity contribution in [3.05, 3.63) is 0 Å². The molecule has 0 saturated carbocycles. The van der Waals surface area contributed by atoms with Crippen molar-refractivity contribution in [1.82, 2.24) is 5.32 Å². The average Bonchev–Trinajstić information content (AvgIpc) is 2.06. The predicted octanol–water partition coefficient (Wildman–Crippen LogP) is -0.601. The topological polar surface area (TPSA) is 47.6 Å². The lowest BCUT2D eigenvalue weighted by Gasteiger charge is -2.03. The van der Waals surface area contributed by atoms with Gasteiger partial charge in [-0.15, -0.1) is 6.42 Å². The molecule has 0 radical (unpaired) electrons. The number of esters is 1. The van der Waals surface area contributed by atoms with E-state index < -0.39 is 0 Å². The van der Waals surface area contributed by atoms with Gasteiger partial charge in [-0.1, -0.05) is 5.92 Å². The van der Waals surface area contributed by atoms with Crippen molar-refractivity contribution >= 4 is 5.97 Å². The Kier molecular flexibility index (Phi) is 7.35. The Bertz CT molecular complexity index is 162. The Morgan fingerprint density at radius 3 is 2.92 bits per heavy atom. The van der Waals surface area contributed by atoms with Crippen LogP contribution in [0.4, 0.5) is 0 Å². The number of rotatable bonds is 6. The SMILES string of the molecule is C#CCNCC(=O)OCCOC. The lowest BCUT2D eigenvalue weighted by Crippen LogP contribution is -2.25. The highest BCUT2D eigenvalue weighted by atomic mass is 16.6. The third-order valence-electron chi connectivity index (χ3n) is 1.05. The lowest BCUT2D eigenvalue weighted by atomic mass is 10.6. The van der Waals surface area contributed by atoms with Crippen LogP contribution in [0.1, 0.15) is 0 Å². The molecule has 0 fully saturated rings. The Hall–Kier alpha value is -1.05. The van der Waals surface area contributed by atoms with E-state index in [2.05, 4.69) is 16.0 Å². The van der Waals surface area contributed by atoms with Crippen molar-refractivity contribution in [3.63, 3.8) is 0 Å². The number of nitrogens with one attached hydrogen (secondary N) is 1. The van der Waals surface area contributed by atoms with E-state index in [1.165, 1.54) is 0 Å². The van der Waals surface area contributed by atoms with E-state index in [0.29, 0.717) is 13.2 Å². The molecule has 0 saturated heterocycles. The van der Waals surface area contributed by atoms with Crippen LogP contribution in [0.15, 0.2) is 0 Å². The first-order chi connectivity index (χ1) is 5.81. The lowest BCUT2D eigenvalue weighted by molar-refractivity contribution is -0.143. The molecule has 68 valence electrons. The maximum absolute atomic E-state index is 10.8. The molecule has 0 bridgehead atoms. The molecule has 0 amide bonds. The molecule has 0 spiro atoms. The summed E-state index contributed by atoms with van der Waals surface area (Å²) in [6.07, 6.45) is 4.95. The second kappa shape index (κ2) is 8.05. The first-order valence-corrected chi connectivity index (χ1v) is 3.60. The van der Waals surface area contributed by atoms with E-state index in [9.17, 15) is 4.79 Å². The highest BCUT2D eigenvalue weighted by Crippen LogP contribution is 1.77. The molecule has 0 aliphatic carbocycles. The van der Waals surface area contributed by atoms with Gasteiger partial charge in [-0.3, -0.25) is 10.1 Å². The number of terminal acetylenes is 1. The summed E-state index contributed by atoms with van der Waals surface area (Å²) < 4.78 is 9.42. The van der Waals surface area contributed by atoms with Crippen molar-refractivity contribution in [2.24, 2.45) is 0 Å². The average molecular weight is 171 g/mol. The summed E-state index contributed by atoms with van der Waals surface area (Å²) in [4.78, 5) is 10.8. The van der Waals surface area contributed by atoms with Crippen LogP contribution in [0.5, 0.6) is 0 Å². The standard InChI is InChI=1S/C8H13NO3/c1-3-4-9-7-8(10)12-6-5-11-2/h1,9H,4-7H2,2H3. The molecule has 12 heavy (non-hydrogen) atoms. The van der Waals surface area contributed by atoms with Crippen LogP contribution in [0.3, 0.4) is 0 Å². The van der Waals surface area contributed by atoms with Crippen LogP contribution in [-0.4, -0.2) is 39.4 Å². The molecular weight excluding hydrogens is 158 g/mol. The number of methoxy groups -OCH3 is 1. The van der Waals surface area contributed by atoms with E-state index in [4.69, 9.17) is 11.2 Å². The van der Waals surface area contributed by atoms with E-state index in [-0.39, 0.29) is 19.1 Å². The fraction of sp³-hybridized carbons (Fsp3) is 0.625. The predicted molar refractivity (Wildman–Crippen MR) is 44.5 cm³/mol. The highest BCUT2D eigenvalue weighted by Gasteiger charge is 1.99. The van der Waals surface area contributed by atoms with Crippen molar-refractivity contribution in [3.8, 4) is 12.3 Å². The first kappa shape index (κ1) is 11.0. The molecule has 1 N–H and O–H groups in total. The van der Waals surface area contributed by atoms with Gasteiger partial charge in [-0.25, -0.2) is 0 Å². The summed E-state index contributed by atoms with van der Waals surface area (Å²) in [5.41, 5.74) is 0. The zero-order valence-corrected chi connectivity index (χ0v) is 7.13. The van der Waals surface area contributed by atoms with Crippen molar-refractivity contribution < 1.29 is 14.3 Å². The molecule has 4 nitrogen and oxygen atoms in total. The summed E-state index contributed by atoms with van der Waals surface area (Å²) in [7, 11) is 1.55. The Labute approximate surface area is 72.2 Å². The van der Waals surface area contributed by atoms with Gasteiger partial charge in [0.25, 0.3) is 0 Å². The maximum Gasteiger partial charge on any atom is 0.320 e. The Balaban J connectivity index is 3.17. The van der Waals surface area contributed by atoms with E-state index in [1.807, 2.05) is 0 Å². The highest BCUT2D eigenvalue weighted by molar-refractivity contribution is 5.71. The van der Waals surface area contributed by atoms with Crippen LogP contribution >= 0.6 is 0 Å². The van der Waals surface area contributed by atoms with E-state index in [0.717, 1.165) is 0 Å². The number of hydrogen-bond acceptors (Lipinski definition) is 4. The van der Waals surface area contributed by atoms with Gasteiger partial charge in [-0.05, 0) is 0 Å². The molecule has 0 aromatic rings.